The molecule has 0 unspecified atom stereocenters. The Hall–Kier alpha value is -3.00. The molecule has 0 atom stereocenters. The Morgan fingerprint density at radius 2 is 1.86 bits per heavy atom. The smallest absolute Gasteiger partial charge is 0.260 e. The van der Waals surface area contributed by atoms with E-state index in [-0.39, 0.29) is 17.9 Å². The van der Waals surface area contributed by atoms with Crippen LogP contribution in [0.15, 0.2) is 54.2 Å². The predicted molar refractivity (Wildman–Crippen MR) is 109 cm³/mol. The van der Waals surface area contributed by atoms with Crippen molar-refractivity contribution in [1.82, 2.24) is 14.5 Å². The van der Waals surface area contributed by atoms with E-state index in [2.05, 4.69) is 27.3 Å². The van der Waals surface area contributed by atoms with Gasteiger partial charge in [-0.3, -0.25) is 14.9 Å². The van der Waals surface area contributed by atoms with E-state index in [0.717, 1.165) is 25.9 Å². The van der Waals surface area contributed by atoms with Gasteiger partial charge >= 0.3 is 0 Å². The molecule has 4 rings (SSSR count). The Morgan fingerprint density at radius 3 is 2.59 bits per heavy atom. The van der Waals surface area contributed by atoms with Gasteiger partial charge in [0, 0.05) is 36.9 Å². The van der Waals surface area contributed by atoms with Gasteiger partial charge in [-0.15, -0.1) is 11.3 Å². The maximum absolute atomic E-state index is 13.7. The van der Waals surface area contributed by atoms with Crippen molar-refractivity contribution in [3.63, 3.8) is 0 Å². The second-order valence-electron chi connectivity index (χ2n) is 7.00. The third-order valence-electron chi connectivity index (χ3n) is 5.09. The molecular weight excluding hydrogens is 391 g/mol. The highest BCUT2D eigenvalue weighted by Crippen LogP contribution is 2.24. The molecule has 3 aromatic rings. The number of piperidine rings is 1. The summed E-state index contributed by atoms with van der Waals surface area (Å²) in [6, 6.07) is 10.3. The van der Waals surface area contributed by atoms with Gasteiger partial charge in [0.2, 0.25) is 5.91 Å². The molecule has 1 N–H and O–H groups in total. The van der Waals surface area contributed by atoms with E-state index >= 15 is 0 Å². The molecule has 29 heavy (non-hydrogen) atoms. The molecule has 1 fully saturated rings. The number of carbonyl (C=O) groups excluding carboxylic acids is 2. The zero-order valence-corrected chi connectivity index (χ0v) is 16.6. The van der Waals surface area contributed by atoms with E-state index in [1.165, 1.54) is 29.5 Å². The van der Waals surface area contributed by atoms with Crippen molar-refractivity contribution in [1.29, 1.82) is 0 Å². The first-order valence-electron chi connectivity index (χ1n) is 9.50. The lowest BCUT2D eigenvalue weighted by molar-refractivity contribution is -0.131. The van der Waals surface area contributed by atoms with Gasteiger partial charge in [-0.25, -0.2) is 9.37 Å². The molecule has 0 aliphatic carbocycles. The molecular formula is C21H21FN4O2S. The molecule has 1 aliphatic rings. The Bertz CT molecular complexity index is 994. The number of halogens is 1. The zero-order valence-electron chi connectivity index (χ0n) is 15.8. The van der Waals surface area contributed by atoms with E-state index in [9.17, 15) is 14.0 Å². The number of aromatic nitrogens is 2. The molecule has 0 radical (unpaired) electrons. The van der Waals surface area contributed by atoms with Gasteiger partial charge in [0.05, 0.1) is 17.7 Å². The molecule has 3 heterocycles. The van der Waals surface area contributed by atoms with Crippen LogP contribution < -0.4 is 5.32 Å². The van der Waals surface area contributed by atoms with Crippen molar-refractivity contribution in [3.05, 3.63) is 71.2 Å². The van der Waals surface area contributed by atoms with E-state index < -0.39 is 11.7 Å². The van der Waals surface area contributed by atoms with Crippen LogP contribution in [0.2, 0.25) is 0 Å². The van der Waals surface area contributed by atoms with E-state index in [4.69, 9.17) is 0 Å². The fourth-order valence-electron chi connectivity index (χ4n) is 3.53. The summed E-state index contributed by atoms with van der Waals surface area (Å²) < 4.78 is 15.9. The number of hydrogen-bond donors (Lipinski definition) is 1. The Kier molecular flexibility index (Phi) is 5.71. The summed E-state index contributed by atoms with van der Waals surface area (Å²) >= 11 is 1.23. The van der Waals surface area contributed by atoms with Crippen molar-refractivity contribution in [2.75, 3.05) is 18.4 Å². The van der Waals surface area contributed by atoms with Crippen LogP contribution in [0.25, 0.3) is 0 Å². The summed E-state index contributed by atoms with van der Waals surface area (Å²) in [5.74, 6) is -1.10. The first-order chi connectivity index (χ1) is 14.1. The van der Waals surface area contributed by atoms with E-state index in [1.54, 1.807) is 11.4 Å². The molecule has 1 saturated heterocycles. The molecule has 2 aromatic heterocycles. The zero-order chi connectivity index (χ0) is 20.2. The van der Waals surface area contributed by atoms with Crippen molar-refractivity contribution in [3.8, 4) is 0 Å². The first kappa shape index (κ1) is 19.3. The van der Waals surface area contributed by atoms with E-state index in [0.29, 0.717) is 16.9 Å². The normalized spacial score (nSPS) is 14.7. The third-order valence-corrected chi connectivity index (χ3v) is 5.90. The number of nitrogens with one attached hydrogen (secondary N) is 1. The summed E-state index contributed by atoms with van der Waals surface area (Å²) in [7, 11) is 0. The standard InChI is InChI=1S/C21H21FN4O2S/c22-18-6-2-1-5-17(18)20(28)24-21-23-15(14-29-21)13-19(27)26-11-7-16(8-12-26)25-9-3-4-10-25/h1-6,9-10,14,16H,7-8,11-13H2,(H,23,24,28). The van der Waals surface area contributed by atoms with Crippen LogP contribution in [0.4, 0.5) is 9.52 Å². The fraction of sp³-hybridized carbons (Fsp3) is 0.286. The minimum atomic E-state index is -0.583. The van der Waals surface area contributed by atoms with Gasteiger partial charge in [-0.2, -0.15) is 0 Å². The number of benzene rings is 1. The molecule has 0 saturated carbocycles. The van der Waals surface area contributed by atoms with Gasteiger partial charge < -0.3 is 9.47 Å². The van der Waals surface area contributed by atoms with Gasteiger partial charge in [-0.05, 0) is 37.1 Å². The number of rotatable bonds is 5. The minimum Gasteiger partial charge on any atom is -0.351 e. The van der Waals surface area contributed by atoms with Gasteiger partial charge in [0.25, 0.3) is 5.91 Å². The quantitative estimate of drug-likeness (QED) is 0.694. The summed E-state index contributed by atoms with van der Waals surface area (Å²) in [5.41, 5.74) is 0.572. The van der Waals surface area contributed by atoms with Crippen LogP contribution in [-0.4, -0.2) is 39.4 Å². The first-order valence-corrected chi connectivity index (χ1v) is 10.4. The monoisotopic (exact) mass is 412 g/mol. The molecule has 1 aromatic carbocycles. The molecule has 2 amide bonds. The average Bonchev–Trinajstić information content (AvgIpc) is 3.41. The Balaban J connectivity index is 1.30. The number of likely N-dealkylation sites (tertiary alicyclic amines) is 1. The third kappa shape index (κ3) is 4.54. The van der Waals surface area contributed by atoms with Crippen LogP contribution in [0.5, 0.6) is 0 Å². The van der Waals surface area contributed by atoms with E-state index in [1.807, 2.05) is 17.0 Å². The summed E-state index contributed by atoms with van der Waals surface area (Å²) in [6.07, 6.45) is 6.19. The van der Waals surface area contributed by atoms with Crippen LogP contribution in [0.3, 0.4) is 0 Å². The molecule has 1 aliphatic heterocycles. The number of thiazole rings is 1. The minimum absolute atomic E-state index is 0.0354. The Morgan fingerprint density at radius 1 is 1.14 bits per heavy atom. The fourth-order valence-corrected chi connectivity index (χ4v) is 4.23. The highest BCUT2D eigenvalue weighted by molar-refractivity contribution is 7.14. The summed E-state index contributed by atoms with van der Waals surface area (Å²) in [6.45, 7) is 1.45. The Labute approximate surface area is 172 Å². The number of anilines is 1. The van der Waals surface area contributed by atoms with Gasteiger partial charge in [0.1, 0.15) is 5.82 Å². The van der Waals surface area contributed by atoms with Crippen molar-refractivity contribution in [2.24, 2.45) is 0 Å². The maximum atomic E-state index is 13.7. The number of nitrogens with zero attached hydrogens (tertiary/aromatic N) is 3. The summed E-state index contributed by atoms with van der Waals surface area (Å²) in [5, 5.41) is 4.70. The van der Waals surface area contributed by atoms with Crippen LogP contribution in [0, 0.1) is 5.82 Å². The largest absolute Gasteiger partial charge is 0.351 e. The van der Waals surface area contributed by atoms with Crippen LogP contribution in [0.1, 0.15) is 34.9 Å². The lowest BCUT2D eigenvalue weighted by atomic mass is 10.0. The number of hydrogen-bond acceptors (Lipinski definition) is 4. The number of amides is 2. The number of carbonyl (C=O) groups is 2. The molecule has 0 bridgehead atoms. The highest BCUT2D eigenvalue weighted by atomic mass is 32.1. The van der Waals surface area contributed by atoms with Crippen LogP contribution >= 0.6 is 11.3 Å². The molecule has 8 heteroatoms. The molecule has 150 valence electrons. The van der Waals surface area contributed by atoms with Crippen molar-refractivity contribution < 1.29 is 14.0 Å². The van der Waals surface area contributed by atoms with Crippen molar-refractivity contribution >= 4 is 28.3 Å². The van der Waals surface area contributed by atoms with Gasteiger partial charge in [-0.1, -0.05) is 12.1 Å². The average molecular weight is 412 g/mol. The summed E-state index contributed by atoms with van der Waals surface area (Å²) in [4.78, 5) is 31.0. The van der Waals surface area contributed by atoms with Crippen LogP contribution in [-0.2, 0) is 11.2 Å². The lowest BCUT2D eigenvalue weighted by Gasteiger charge is -2.32. The van der Waals surface area contributed by atoms with Gasteiger partial charge in [0.15, 0.2) is 5.13 Å². The molecule has 6 nitrogen and oxygen atoms in total. The SMILES string of the molecule is O=C(Nc1nc(CC(=O)N2CCC(n3cccc3)CC2)cs1)c1ccccc1F. The maximum Gasteiger partial charge on any atom is 0.260 e. The topological polar surface area (TPSA) is 67.2 Å². The second-order valence-corrected chi connectivity index (χ2v) is 7.86. The van der Waals surface area contributed by atoms with Crippen molar-refractivity contribution in [2.45, 2.75) is 25.3 Å². The lowest BCUT2D eigenvalue weighted by Crippen LogP contribution is -2.39. The second kappa shape index (κ2) is 8.57. The predicted octanol–water partition coefficient (Wildman–Crippen LogP) is 3.74. The molecule has 0 spiro atoms. The highest BCUT2D eigenvalue weighted by Gasteiger charge is 2.24.